The molecular formula is C27H45N2+. The van der Waals surface area contributed by atoms with E-state index in [1.54, 1.807) is 0 Å². The van der Waals surface area contributed by atoms with Gasteiger partial charge in [-0.15, -0.1) is 0 Å². The number of nitrogens with one attached hydrogen (secondary N) is 1. The van der Waals surface area contributed by atoms with Gasteiger partial charge in [-0.3, -0.25) is 4.98 Å². The first kappa shape index (κ1) is 23.7. The molecule has 2 heteroatoms. The number of benzene rings is 1. The summed E-state index contributed by atoms with van der Waals surface area (Å²) in [5.74, 6) is 0.718. The second-order valence-corrected chi connectivity index (χ2v) is 8.84. The fourth-order valence-electron chi connectivity index (χ4n) is 4.63. The van der Waals surface area contributed by atoms with Crippen LogP contribution in [-0.2, 0) is 6.42 Å². The van der Waals surface area contributed by atoms with Gasteiger partial charge in [0.1, 0.15) is 18.4 Å². The minimum atomic E-state index is 0.609. The van der Waals surface area contributed by atoms with E-state index in [-0.39, 0.29) is 0 Å². The molecule has 0 aliphatic carbocycles. The number of H-pyrrole nitrogens is 1. The summed E-state index contributed by atoms with van der Waals surface area (Å²) in [5.41, 5.74) is 1.49. The van der Waals surface area contributed by atoms with Gasteiger partial charge in [-0.05, 0) is 31.2 Å². The van der Waals surface area contributed by atoms with Gasteiger partial charge in [-0.2, -0.15) is 0 Å². The largest absolute Gasteiger partial charge is 0.250 e. The molecule has 1 heterocycles. The highest BCUT2D eigenvalue weighted by Gasteiger charge is 2.26. The zero-order valence-corrected chi connectivity index (χ0v) is 19.1. The minimum absolute atomic E-state index is 0.609. The second-order valence-electron chi connectivity index (χ2n) is 8.84. The molecule has 2 rings (SSSR count). The van der Waals surface area contributed by atoms with Crippen molar-refractivity contribution >= 4 is 0 Å². The molecule has 0 saturated carbocycles. The lowest BCUT2D eigenvalue weighted by Gasteiger charge is -2.25. The first-order valence-electron chi connectivity index (χ1n) is 12.4. The van der Waals surface area contributed by atoms with Crippen molar-refractivity contribution in [3.8, 4) is 0 Å². The molecule has 0 spiro atoms. The van der Waals surface area contributed by atoms with E-state index in [1.165, 1.54) is 95.5 Å². The van der Waals surface area contributed by atoms with Crippen molar-refractivity contribution in [1.82, 2.24) is 4.98 Å². The second kappa shape index (κ2) is 15.3. The van der Waals surface area contributed by atoms with E-state index >= 15 is 0 Å². The van der Waals surface area contributed by atoms with Gasteiger partial charge in [-0.1, -0.05) is 108 Å². The Morgan fingerprint density at radius 1 is 0.759 bits per heavy atom. The Labute approximate surface area is 180 Å². The highest BCUT2D eigenvalue weighted by atomic mass is 15.1. The third-order valence-electron chi connectivity index (χ3n) is 6.37. The van der Waals surface area contributed by atoms with Gasteiger partial charge in [0.05, 0.1) is 0 Å². The normalized spacial score (nSPS) is 13.4. The van der Waals surface area contributed by atoms with E-state index in [4.69, 9.17) is 0 Å². The van der Waals surface area contributed by atoms with Crippen LogP contribution >= 0.6 is 0 Å². The molecule has 0 aliphatic heterocycles. The van der Waals surface area contributed by atoms with E-state index in [0.29, 0.717) is 6.04 Å². The molecule has 0 fully saturated rings. The Kier molecular flexibility index (Phi) is 12.5. The molecule has 2 nitrogen and oxygen atoms in total. The number of aromatic amines is 1. The van der Waals surface area contributed by atoms with Crippen LogP contribution < -0.4 is 4.57 Å². The van der Waals surface area contributed by atoms with Crippen LogP contribution in [0.25, 0.3) is 0 Å². The van der Waals surface area contributed by atoms with Crippen LogP contribution in [0.15, 0.2) is 49.1 Å². The van der Waals surface area contributed by atoms with Crippen LogP contribution in [0.5, 0.6) is 0 Å². The van der Waals surface area contributed by atoms with E-state index in [9.17, 15) is 0 Å². The van der Waals surface area contributed by atoms with Crippen molar-refractivity contribution in [3.63, 3.8) is 0 Å². The van der Waals surface area contributed by atoms with Crippen molar-refractivity contribution in [3.05, 3.63) is 54.6 Å². The number of hydrogen-bond acceptors (Lipinski definition) is 0. The summed E-state index contributed by atoms with van der Waals surface area (Å²) in [6.45, 7) is 4.60. The van der Waals surface area contributed by atoms with Gasteiger partial charge in [-0.25, -0.2) is 4.57 Å². The van der Waals surface area contributed by atoms with Gasteiger partial charge in [0, 0.05) is 5.92 Å². The van der Waals surface area contributed by atoms with Crippen molar-refractivity contribution in [2.24, 2.45) is 5.92 Å². The molecule has 0 saturated heterocycles. The third-order valence-corrected chi connectivity index (χ3v) is 6.37. The van der Waals surface area contributed by atoms with E-state index < -0.39 is 0 Å². The molecule has 2 atom stereocenters. The average Bonchev–Trinajstić information content (AvgIpc) is 3.28. The monoisotopic (exact) mass is 397 g/mol. The maximum absolute atomic E-state index is 3.28. The topological polar surface area (TPSA) is 19.7 Å². The lowest BCUT2D eigenvalue weighted by molar-refractivity contribution is -0.730. The number of imidazole rings is 1. The highest BCUT2D eigenvalue weighted by molar-refractivity contribution is 5.15. The zero-order valence-electron chi connectivity index (χ0n) is 19.1. The summed E-state index contributed by atoms with van der Waals surface area (Å²) in [4.78, 5) is 3.28. The molecule has 0 amide bonds. The third kappa shape index (κ3) is 9.65. The Bertz CT molecular complexity index is 590. The number of hydrogen-bond donors (Lipinski definition) is 1. The van der Waals surface area contributed by atoms with Crippen LogP contribution in [0.3, 0.4) is 0 Å². The van der Waals surface area contributed by atoms with Gasteiger partial charge in [0.2, 0.25) is 6.33 Å². The lowest BCUT2D eigenvalue weighted by Crippen LogP contribution is -2.42. The predicted octanol–water partition coefficient (Wildman–Crippen LogP) is 7.81. The van der Waals surface area contributed by atoms with Crippen molar-refractivity contribution in [2.45, 2.75) is 110 Å². The van der Waals surface area contributed by atoms with Gasteiger partial charge in [0.15, 0.2) is 0 Å². The summed E-state index contributed by atoms with van der Waals surface area (Å²) in [6.07, 6.45) is 25.5. The van der Waals surface area contributed by atoms with Crippen molar-refractivity contribution in [1.29, 1.82) is 0 Å². The Morgan fingerprint density at radius 2 is 1.38 bits per heavy atom. The van der Waals surface area contributed by atoms with Crippen LogP contribution in [0.2, 0.25) is 0 Å². The molecule has 0 radical (unpaired) electrons. The molecule has 162 valence electrons. The molecule has 0 aliphatic rings. The fourth-order valence-corrected chi connectivity index (χ4v) is 4.63. The van der Waals surface area contributed by atoms with Gasteiger partial charge < -0.3 is 0 Å². The van der Waals surface area contributed by atoms with Crippen LogP contribution in [0.4, 0.5) is 0 Å². The maximum Gasteiger partial charge on any atom is 0.241 e. The molecule has 2 aromatic rings. The lowest BCUT2D eigenvalue weighted by atomic mass is 9.84. The maximum atomic E-state index is 3.28. The Morgan fingerprint density at radius 3 is 2.03 bits per heavy atom. The molecule has 1 aromatic heterocycles. The van der Waals surface area contributed by atoms with Crippen LogP contribution in [0, 0.1) is 5.92 Å². The SMILES string of the molecule is CCCCCCCCCCC(Cc1ccccc1)C(CCCCC)[n+]1cc[nH]c1. The molecule has 29 heavy (non-hydrogen) atoms. The van der Waals surface area contributed by atoms with Crippen molar-refractivity contribution < 1.29 is 4.57 Å². The van der Waals surface area contributed by atoms with E-state index in [0.717, 1.165) is 5.92 Å². The molecule has 2 unspecified atom stereocenters. The average molecular weight is 398 g/mol. The fraction of sp³-hybridized carbons (Fsp3) is 0.667. The number of nitrogens with zero attached hydrogens (tertiary/aromatic N) is 1. The van der Waals surface area contributed by atoms with Crippen molar-refractivity contribution in [2.75, 3.05) is 0 Å². The summed E-state index contributed by atoms with van der Waals surface area (Å²) < 4.78 is 2.45. The predicted molar refractivity (Wildman–Crippen MR) is 125 cm³/mol. The van der Waals surface area contributed by atoms with Gasteiger partial charge in [0.25, 0.3) is 0 Å². The van der Waals surface area contributed by atoms with Crippen LogP contribution in [-0.4, -0.2) is 4.98 Å². The number of unbranched alkanes of at least 4 members (excludes halogenated alkanes) is 9. The molecule has 0 bridgehead atoms. The first-order chi connectivity index (χ1) is 14.3. The Hall–Kier alpha value is -1.57. The summed E-state index contributed by atoms with van der Waals surface area (Å²) in [7, 11) is 0. The molecule has 1 N–H and O–H groups in total. The number of rotatable bonds is 17. The van der Waals surface area contributed by atoms with Crippen LogP contribution in [0.1, 0.15) is 109 Å². The quantitative estimate of drug-likeness (QED) is 0.207. The summed E-state index contributed by atoms with van der Waals surface area (Å²) >= 11 is 0. The smallest absolute Gasteiger partial charge is 0.241 e. The summed E-state index contributed by atoms with van der Waals surface area (Å²) in [5, 5.41) is 0. The first-order valence-corrected chi connectivity index (χ1v) is 12.4. The zero-order chi connectivity index (χ0) is 20.6. The molecular weight excluding hydrogens is 352 g/mol. The summed E-state index contributed by atoms with van der Waals surface area (Å²) in [6, 6.07) is 11.8. The molecule has 1 aromatic carbocycles. The standard InChI is InChI=1S/C27H44N2/c1-3-5-7-8-9-10-11-16-19-26(23-25-17-14-12-15-18-25)27(20-13-6-4-2)29-22-21-28-24-29/h12,14-15,17-18,21-22,24,26-27H,3-11,13,16,19-20,23H2,1-2H3/p+1. The van der Waals surface area contributed by atoms with E-state index in [2.05, 4.69) is 72.5 Å². The highest BCUT2D eigenvalue weighted by Crippen LogP contribution is 2.28. The Balaban J connectivity index is 1.93. The minimum Gasteiger partial charge on any atom is -0.250 e. The number of aromatic nitrogens is 2. The van der Waals surface area contributed by atoms with E-state index in [1.807, 2.05) is 0 Å². The van der Waals surface area contributed by atoms with Gasteiger partial charge >= 0.3 is 0 Å².